The Morgan fingerprint density at radius 1 is 1.18 bits per heavy atom. The van der Waals surface area contributed by atoms with Crippen LogP contribution in [0.3, 0.4) is 0 Å². The van der Waals surface area contributed by atoms with Gasteiger partial charge in [0.1, 0.15) is 11.8 Å². The van der Waals surface area contributed by atoms with E-state index >= 15 is 0 Å². The van der Waals surface area contributed by atoms with E-state index in [0.29, 0.717) is 27.6 Å². The summed E-state index contributed by atoms with van der Waals surface area (Å²) < 4.78 is 21.5. The molecule has 13 heteroatoms. The summed E-state index contributed by atoms with van der Waals surface area (Å²) in [6.45, 7) is 2.92. The number of urea groups is 1. The molecule has 0 bridgehead atoms. The summed E-state index contributed by atoms with van der Waals surface area (Å²) in [7, 11) is 1.42. The number of nitriles is 1. The quantitative estimate of drug-likeness (QED) is 0.217. The van der Waals surface area contributed by atoms with Gasteiger partial charge in [0.25, 0.3) is 5.91 Å². The Balaban J connectivity index is 1.68. The monoisotopic (exact) mass is 555 g/mol. The van der Waals surface area contributed by atoms with Gasteiger partial charge in [0, 0.05) is 16.3 Å². The van der Waals surface area contributed by atoms with Crippen LogP contribution in [0.15, 0.2) is 52.8 Å². The molecular formula is C26H26ClN5O7. The standard InChI is InChI=1S/C26H26ClN5O7/c1-4-37-25(34)23-15(2)30-26(35)31-24(23)16-5-7-20(21(12-16)36-3)39-14-22(33)32-29-13-17-11-18(27)6-8-19(17)38-10-9-28/h5-8,11-13,24H,4,10,14H2,1-3H3,(H,32,33)(H2,30,31,35)/b29-13+/t24-/m0/s1. The van der Waals surface area contributed by atoms with Crippen molar-refractivity contribution in [1.82, 2.24) is 16.1 Å². The molecule has 1 heterocycles. The number of carbonyl (C=O) groups is 3. The average Bonchev–Trinajstić information content (AvgIpc) is 2.91. The molecule has 1 aliphatic rings. The Morgan fingerprint density at radius 3 is 2.67 bits per heavy atom. The number of ether oxygens (including phenoxy) is 4. The summed E-state index contributed by atoms with van der Waals surface area (Å²) in [5.41, 5.74) is 3.97. The van der Waals surface area contributed by atoms with Crippen LogP contribution in [0.4, 0.5) is 4.79 Å². The predicted octanol–water partition coefficient (Wildman–Crippen LogP) is 2.97. The summed E-state index contributed by atoms with van der Waals surface area (Å²) in [6.07, 6.45) is 1.33. The number of carbonyl (C=O) groups excluding carboxylic acids is 3. The highest BCUT2D eigenvalue weighted by atomic mass is 35.5. The number of rotatable bonds is 11. The van der Waals surface area contributed by atoms with Crippen LogP contribution in [0.5, 0.6) is 17.2 Å². The van der Waals surface area contributed by atoms with Gasteiger partial charge in [-0.15, -0.1) is 0 Å². The van der Waals surface area contributed by atoms with Gasteiger partial charge < -0.3 is 29.6 Å². The summed E-state index contributed by atoms with van der Waals surface area (Å²) in [6, 6.07) is 10.2. The minimum absolute atomic E-state index is 0.159. The lowest BCUT2D eigenvalue weighted by Crippen LogP contribution is -2.45. The fraction of sp³-hybridized carbons (Fsp3) is 0.269. The summed E-state index contributed by atoms with van der Waals surface area (Å²) in [5, 5.41) is 18.3. The fourth-order valence-electron chi connectivity index (χ4n) is 3.62. The summed E-state index contributed by atoms with van der Waals surface area (Å²) >= 11 is 6.00. The van der Waals surface area contributed by atoms with Crippen LogP contribution in [0, 0.1) is 11.3 Å². The molecule has 0 fully saturated rings. The van der Waals surface area contributed by atoms with Crippen LogP contribution in [-0.2, 0) is 14.3 Å². The van der Waals surface area contributed by atoms with E-state index in [2.05, 4.69) is 21.2 Å². The number of allylic oxidation sites excluding steroid dienone is 1. The van der Waals surface area contributed by atoms with Crippen LogP contribution in [0.2, 0.25) is 5.02 Å². The average molecular weight is 556 g/mol. The highest BCUT2D eigenvalue weighted by Gasteiger charge is 2.32. The van der Waals surface area contributed by atoms with Gasteiger partial charge in [-0.3, -0.25) is 4.79 Å². The number of hydrazone groups is 1. The zero-order valence-corrected chi connectivity index (χ0v) is 22.1. The molecule has 0 saturated heterocycles. The highest BCUT2D eigenvalue weighted by molar-refractivity contribution is 6.30. The Kier molecular flexibility index (Phi) is 10.1. The normalized spacial score (nSPS) is 14.6. The van der Waals surface area contributed by atoms with Crippen molar-refractivity contribution in [3.8, 4) is 23.3 Å². The molecule has 2 aromatic rings. The smallest absolute Gasteiger partial charge is 0.338 e. The van der Waals surface area contributed by atoms with E-state index in [1.807, 2.05) is 6.07 Å². The number of hydrogen-bond donors (Lipinski definition) is 3. The zero-order chi connectivity index (χ0) is 28.4. The Morgan fingerprint density at radius 2 is 1.95 bits per heavy atom. The molecule has 0 unspecified atom stereocenters. The van der Waals surface area contributed by atoms with Crippen molar-refractivity contribution in [2.75, 3.05) is 26.9 Å². The van der Waals surface area contributed by atoms with Gasteiger partial charge in [-0.2, -0.15) is 10.4 Å². The summed E-state index contributed by atoms with van der Waals surface area (Å²) in [5.74, 6) is -0.226. The molecule has 1 atom stereocenters. The molecule has 0 aromatic heterocycles. The Hall–Kier alpha value is -4.76. The largest absolute Gasteiger partial charge is 0.493 e. The van der Waals surface area contributed by atoms with Crippen molar-refractivity contribution in [2.24, 2.45) is 5.10 Å². The number of amides is 3. The number of methoxy groups -OCH3 is 1. The lowest BCUT2D eigenvalue weighted by Gasteiger charge is -2.28. The molecule has 1 aliphatic heterocycles. The SMILES string of the molecule is CCOC(=O)C1=C(C)NC(=O)N[C@H]1c1ccc(OCC(=O)N/N=C/c2cc(Cl)ccc2OCC#N)c(OC)c1. The Bertz CT molecular complexity index is 1350. The maximum Gasteiger partial charge on any atom is 0.338 e. The van der Waals surface area contributed by atoms with Crippen LogP contribution in [0.1, 0.15) is 31.0 Å². The number of nitrogens with zero attached hydrogens (tertiary/aromatic N) is 2. The number of benzene rings is 2. The Labute approximate surface area is 229 Å². The zero-order valence-electron chi connectivity index (χ0n) is 21.4. The third kappa shape index (κ3) is 7.62. The van der Waals surface area contributed by atoms with E-state index in [1.54, 1.807) is 50.2 Å². The lowest BCUT2D eigenvalue weighted by molar-refractivity contribution is -0.139. The van der Waals surface area contributed by atoms with Crippen molar-refractivity contribution in [1.29, 1.82) is 5.26 Å². The molecule has 3 rings (SSSR count). The number of hydrogen-bond acceptors (Lipinski definition) is 9. The number of nitrogens with one attached hydrogen (secondary N) is 3. The number of halogens is 1. The topological polar surface area (TPSA) is 160 Å². The first kappa shape index (κ1) is 28.8. The van der Waals surface area contributed by atoms with Gasteiger partial charge in [-0.1, -0.05) is 17.7 Å². The van der Waals surface area contributed by atoms with Gasteiger partial charge >= 0.3 is 12.0 Å². The third-order valence-corrected chi connectivity index (χ3v) is 5.54. The van der Waals surface area contributed by atoms with Gasteiger partial charge in [-0.25, -0.2) is 15.0 Å². The van der Waals surface area contributed by atoms with Crippen molar-refractivity contribution < 1.29 is 33.3 Å². The van der Waals surface area contributed by atoms with Gasteiger partial charge in [0.15, 0.2) is 24.7 Å². The first-order chi connectivity index (χ1) is 18.8. The van der Waals surface area contributed by atoms with Gasteiger partial charge in [-0.05, 0) is 49.7 Å². The molecule has 39 heavy (non-hydrogen) atoms. The molecule has 204 valence electrons. The van der Waals surface area contributed by atoms with Crippen molar-refractivity contribution in [3.63, 3.8) is 0 Å². The van der Waals surface area contributed by atoms with Crippen LogP contribution >= 0.6 is 11.6 Å². The summed E-state index contributed by atoms with van der Waals surface area (Å²) in [4.78, 5) is 36.9. The molecule has 3 N–H and O–H groups in total. The molecule has 12 nitrogen and oxygen atoms in total. The molecule has 0 aliphatic carbocycles. The second-order valence-corrected chi connectivity index (χ2v) is 8.35. The number of esters is 1. The van der Waals surface area contributed by atoms with Crippen molar-refractivity contribution >= 4 is 35.7 Å². The van der Waals surface area contributed by atoms with E-state index in [0.717, 1.165) is 0 Å². The highest BCUT2D eigenvalue weighted by Crippen LogP contribution is 2.34. The molecule has 0 spiro atoms. The molecule has 0 saturated carbocycles. The minimum atomic E-state index is -0.785. The third-order valence-electron chi connectivity index (χ3n) is 5.30. The first-order valence-electron chi connectivity index (χ1n) is 11.6. The van der Waals surface area contributed by atoms with Crippen LogP contribution in [0.25, 0.3) is 0 Å². The van der Waals surface area contributed by atoms with Crippen molar-refractivity contribution in [3.05, 3.63) is 63.8 Å². The maximum absolute atomic E-state index is 12.5. The fourth-order valence-corrected chi connectivity index (χ4v) is 3.80. The van der Waals surface area contributed by atoms with E-state index < -0.39 is 30.6 Å². The van der Waals surface area contributed by atoms with Crippen LogP contribution in [-0.4, -0.2) is 51.1 Å². The van der Waals surface area contributed by atoms with Crippen LogP contribution < -0.4 is 30.3 Å². The maximum atomic E-state index is 12.5. The van der Waals surface area contributed by atoms with E-state index in [4.69, 9.17) is 35.8 Å². The second kappa shape index (κ2) is 13.7. The molecule has 2 aromatic carbocycles. The first-order valence-corrected chi connectivity index (χ1v) is 12.0. The van der Waals surface area contributed by atoms with E-state index in [-0.39, 0.29) is 30.3 Å². The molecular weight excluding hydrogens is 530 g/mol. The van der Waals surface area contributed by atoms with Gasteiger partial charge in [0.05, 0.1) is 31.5 Å². The minimum Gasteiger partial charge on any atom is -0.493 e. The second-order valence-electron chi connectivity index (χ2n) is 7.91. The predicted molar refractivity (Wildman–Crippen MR) is 141 cm³/mol. The van der Waals surface area contributed by atoms with E-state index in [9.17, 15) is 14.4 Å². The van der Waals surface area contributed by atoms with Gasteiger partial charge in [0.2, 0.25) is 0 Å². The molecule has 0 radical (unpaired) electrons. The van der Waals surface area contributed by atoms with E-state index in [1.165, 1.54) is 13.3 Å². The van der Waals surface area contributed by atoms with Crippen molar-refractivity contribution in [2.45, 2.75) is 19.9 Å². The lowest BCUT2D eigenvalue weighted by atomic mass is 9.95. The molecule has 3 amide bonds.